The van der Waals surface area contributed by atoms with Crippen molar-refractivity contribution in [3.05, 3.63) is 24.3 Å². The van der Waals surface area contributed by atoms with Crippen molar-refractivity contribution in [2.75, 3.05) is 6.61 Å². The molecule has 1 amide bonds. The summed E-state index contributed by atoms with van der Waals surface area (Å²) in [6, 6.07) is 0.0889. The molecule has 0 aromatic carbocycles. The fourth-order valence-corrected chi connectivity index (χ4v) is 3.23. The first kappa shape index (κ1) is 16.1. The SMILES string of the molecule is CC(C)(C)OC(=O)NC1C2CCOC2C1NCc1cnccn1. The van der Waals surface area contributed by atoms with Crippen LogP contribution < -0.4 is 10.6 Å². The van der Waals surface area contributed by atoms with Crippen molar-refractivity contribution in [1.82, 2.24) is 20.6 Å². The van der Waals surface area contributed by atoms with Gasteiger partial charge in [-0.15, -0.1) is 0 Å². The molecule has 0 radical (unpaired) electrons. The van der Waals surface area contributed by atoms with Crippen LogP contribution in [0.5, 0.6) is 0 Å². The number of rotatable bonds is 4. The van der Waals surface area contributed by atoms with Crippen molar-refractivity contribution in [2.45, 2.75) is 57.5 Å². The Kier molecular flexibility index (Phi) is 4.50. The highest BCUT2D eigenvalue weighted by Gasteiger charge is 2.54. The largest absolute Gasteiger partial charge is 0.444 e. The maximum atomic E-state index is 12.0. The third-order valence-electron chi connectivity index (χ3n) is 4.20. The van der Waals surface area contributed by atoms with Crippen molar-refractivity contribution in [1.29, 1.82) is 0 Å². The minimum Gasteiger partial charge on any atom is -0.444 e. The smallest absolute Gasteiger partial charge is 0.407 e. The third kappa shape index (κ3) is 3.79. The quantitative estimate of drug-likeness (QED) is 0.868. The number of nitrogens with one attached hydrogen (secondary N) is 2. The van der Waals surface area contributed by atoms with Crippen LogP contribution in [0, 0.1) is 5.92 Å². The lowest BCUT2D eigenvalue weighted by Crippen LogP contribution is -2.70. The summed E-state index contributed by atoms with van der Waals surface area (Å²) >= 11 is 0. The van der Waals surface area contributed by atoms with Gasteiger partial charge in [-0.1, -0.05) is 0 Å². The van der Waals surface area contributed by atoms with Crippen LogP contribution in [0.25, 0.3) is 0 Å². The summed E-state index contributed by atoms with van der Waals surface area (Å²) in [5.41, 5.74) is 0.368. The minimum absolute atomic E-state index is 0.0222. The summed E-state index contributed by atoms with van der Waals surface area (Å²) in [7, 11) is 0. The molecule has 4 atom stereocenters. The summed E-state index contributed by atoms with van der Waals surface area (Å²) in [6.45, 7) is 6.92. The Hall–Kier alpha value is -1.73. The Balaban J connectivity index is 1.58. The molecule has 1 aromatic rings. The van der Waals surface area contributed by atoms with Crippen LogP contribution in [-0.4, -0.2) is 46.5 Å². The highest BCUT2D eigenvalue weighted by atomic mass is 16.6. The zero-order valence-corrected chi connectivity index (χ0v) is 13.8. The standard InChI is InChI=1S/C16H24N4O3/c1-16(2,3)23-15(21)20-12-11-4-7-22-14(11)13(12)19-9-10-8-17-5-6-18-10/h5-6,8,11-14,19H,4,7,9H2,1-3H3,(H,20,21). The lowest BCUT2D eigenvalue weighted by Gasteiger charge is -2.48. The second-order valence-electron chi connectivity index (χ2n) is 7.06. The van der Waals surface area contributed by atoms with Gasteiger partial charge in [-0.25, -0.2) is 4.79 Å². The Bertz CT molecular complexity index is 546. The average Bonchev–Trinajstić information content (AvgIpc) is 2.89. The number of alkyl carbamates (subject to hydrolysis) is 1. The first-order valence-electron chi connectivity index (χ1n) is 8.03. The molecule has 23 heavy (non-hydrogen) atoms. The zero-order chi connectivity index (χ0) is 16.4. The lowest BCUT2D eigenvalue weighted by atomic mass is 9.71. The third-order valence-corrected chi connectivity index (χ3v) is 4.20. The fraction of sp³-hybridized carbons (Fsp3) is 0.688. The van der Waals surface area contributed by atoms with E-state index >= 15 is 0 Å². The van der Waals surface area contributed by atoms with Gasteiger partial charge in [0.05, 0.1) is 23.9 Å². The van der Waals surface area contributed by atoms with Crippen LogP contribution in [0.3, 0.4) is 0 Å². The molecule has 1 saturated carbocycles. The molecule has 126 valence electrons. The number of hydrogen-bond acceptors (Lipinski definition) is 6. The maximum absolute atomic E-state index is 12.0. The van der Waals surface area contributed by atoms with Gasteiger partial charge in [0.2, 0.25) is 0 Å². The predicted molar refractivity (Wildman–Crippen MR) is 83.7 cm³/mol. The number of amides is 1. The van der Waals surface area contributed by atoms with E-state index in [9.17, 15) is 4.79 Å². The number of fused-ring (bicyclic) bond motifs is 1. The molecule has 2 aliphatic rings. The molecule has 2 fully saturated rings. The molecule has 1 aliphatic carbocycles. The van der Waals surface area contributed by atoms with Gasteiger partial charge in [0, 0.05) is 37.7 Å². The second-order valence-corrected chi connectivity index (χ2v) is 7.06. The van der Waals surface area contributed by atoms with Crippen LogP contribution in [-0.2, 0) is 16.0 Å². The number of nitrogens with zero attached hydrogens (tertiary/aromatic N) is 2. The van der Waals surface area contributed by atoms with Crippen molar-refractivity contribution in [2.24, 2.45) is 5.92 Å². The van der Waals surface area contributed by atoms with E-state index < -0.39 is 5.60 Å². The summed E-state index contributed by atoms with van der Waals surface area (Å²) in [5.74, 6) is 0.349. The van der Waals surface area contributed by atoms with Gasteiger partial charge in [0.1, 0.15) is 5.60 Å². The van der Waals surface area contributed by atoms with Gasteiger partial charge in [0.25, 0.3) is 0 Å². The predicted octanol–water partition coefficient (Wildman–Crippen LogP) is 1.25. The van der Waals surface area contributed by atoms with Gasteiger partial charge in [-0.05, 0) is 27.2 Å². The highest BCUT2D eigenvalue weighted by molar-refractivity contribution is 5.68. The van der Waals surface area contributed by atoms with Gasteiger partial charge >= 0.3 is 6.09 Å². The summed E-state index contributed by atoms with van der Waals surface area (Å²) in [4.78, 5) is 20.4. The molecule has 3 rings (SSSR count). The van der Waals surface area contributed by atoms with Crippen molar-refractivity contribution >= 4 is 6.09 Å². The normalized spacial score (nSPS) is 29.5. The number of hydrogen-bond donors (Lipinski definition) is 2. The van der Waals surface area contributed by atoms with Crippen LogP contribution in [0.15, 0.2) is 18.6 Å². The number of ether oxygens (including phenoxy) is 2. The molecular formula is C16H24N4O3. The minimum atomic E-state index is -0.498. The second kappa shape index (κ2) is 6.41. The molecule has 1 saturated heterocycles. The first-order valence-corrected chi connectivity index (χ1v) is 8.03. The van der Waals surface area contributed by atoms with E-state index in [0.717, 1.165) is 18.7 Å². The number of carbonyl (C=O) groups excluding carboxylic acids is 1. The van der Waals surface area contributed by atoms with E-state index in [1.54, 1.807) is 18.6 Å². The molecule has 4 unspecified atom stereocenters. The summed E-state index contributed by atoms with van der Waals surface area (Å²) in [6.07, 6.45) is 5.79. The Morgan fingerprint density at radius 2 is 2.22 bits per heavy atom. The average molecular weight is 320 g/mol. The first-order chi connectivity index (χ1) is 10.9. The van der Waals surface area contributed by atoms with Crippen LogP contribution in [0.4, 0.5) is 4.79 Å². The molecule has 7 nitrogen and oxygen atoms in total. The summed E-state index contributed by atoms with van der Waals surface area (Å²) < 4.78 is 11.1. The lowest BCUT2D eigenvalue weighted by molar-refractivity contribution is -0.0345. The van der Waals surface area contributed by atoms with E-state index in [0.29, 0.717) is 12.5 Å². The van der Waals surface area contributed by atoms with Crippen LogP contribution in [0.1, 0.15) is 32.9 Å². The van der Waals surface area contributed by atoms with Gasteiger partial charge < -0.3 is 20.1 Å². The topological polar surface area (TPSA) is 85.4 Å². The maximum Gasteiger partial charge on any atom is 0.407 e. The molecule has 2 N–H and O–H groups in total. The van der Waals surface area contributed by atoms with Crippen molar-refractivity contribution in [3.63, 3.8) is 0 Å². The van der Waals surface area contributed by atoms with E-state index in [1.165, 1.54) is 0 Å². The monoisotopic (exact) mass is 320 g/mol. The molecular weight excluding hydrogens is 296 g/mol. The van der Waals surface area contributed by atoms with Crippen LogP contribution in [0.2, 0.25) is 0 Å². The highest BCUT2D eigenvalue weighted by Crippen LogP contribution is 2.39. The molecule has 0 bridgehead atoms. The van der Waals surface area contributed by atoms with Crippen molar-refractivity contribution in [3.8, 4) is 0 Å². The fourth-order valence-electron chi connectivity index (χ4n) is 3.23. The molecule has 7 heteroatoms. The Morgan fingerprint density at radius 1 is 1.39 bits per heavy atom. The van der Waals surface area contributed by atoms with E-state index in [1.807, 2.05) is 20.8 Å². The van der Waals surface area contributed by atoms with E-state index in [4.69, 9.17) is 9.47 Å². The molecule has 0 spiro atoms. The summed E-state index contributed by atoms with van der Waals surface area (Å²) in [5, 5.41) is 6.42. The number of aromatic nitrogens is 2. The number of carbonyl (C=O) groups is 1. The van der Waals surface area contributed by atoms with Crippen LogP contribution >= 0.6 is 0 Å². The van der Waals surface area contributed by atoms with Gasteiger partial charge in [0.15, 0.2) is 0 Å². The Labute approximate surface area is 136 Å². The van der Waals surface area contributed by atoms with Crippen molar-refractivity contribution < 1.29 is 14.3 Å². The van der Waals surface area contributed by atoms with Gasteiger partial charge in [-0.3, -0.25) is 9.97 Å². The van der Waals surface area contributed by atoms with E-state index in [2.05, 4.69) is 20.6 Å². The molecule has 1 aliphatic heterocycles. The van der Waals surface area contributed by atoms with E-state index in [-0.39, 0.29) is 24.3 Å². The zero-order valence-electron chi connectivity index (χ0n) is 13.8. The molecule has 2 heterocycles. The molecule has 1 aromatic heterocycles. The Morgan fingerprint density at radius 3 is 2.91 bits per heavy atom. The van der Waals surface area contributed by atoms with Gasteiger partial charge in [-0.2, -0.15) is 0 Å².